The van der Waals surface area contributed by atoms with Gasteiger partial charge in [-0.3, -0.25) is 14.1 Å². The van der Waals surface area contributed by atoms with Gasteiger partial charge in [0.05, 0.1) is 29.4 Å². The summed E-state index contributed by atoms with van der Waals surface area (Å²) in [4.78, 5) is 18.1. The summed E-state index contributed by atoms with van der Waals surface area (Å²) in [6, 6.07) is 23.6. The van der Waals surface area contributed by atoms with E-state index in [9.17, 15) is 22.0 Å². The lowest BCUT2D eigenvalue weighted by Crippen LogP contribution is -2.41. The fourth-order valence-corrected chi connectivity index (χ4v) is 6.83. The highest BCUT2D eigenvalue weighted by atomic mass is 32.2. The minimum absolute atomic E-state index is 0.0338. The third-order valence-electron chi connectivity index (χ3n) is 7.45. The van der Waals surface area contributed by atoms with Crippen molar-refractivity contribution in [3.05, 3.63) is 132 Å². The second-order valence-corrected chi connectivity index (χ2v) is 12.0. The van der Waals surface area contributed by atoms with Crippen LogP contribution in [0, 0.1) is 11.6 Å². The number of rotatable bonds is 8. The Bertz CT molecular complexity index is 1960. The fourth-order valence-electron chi connectivity index (χ4n) is 5.20. The lowest BCUT2D eigenvalue weighted by atomic mass is 9.98. The maximum absolute atomic E-state index is 14.3. The predicted octanol–water partition coefficient (Wildman–Crippen LogP) is 6.09. The third-order valence-corrected chi connectivity index (χ3v) is 9.28. The summed E-state index contributed by atoms with van der Waals surface area (Å²) in [5.41, 5.74) is 2.07. The third kappa shape index (κ3) is 5.61. The van der Waals surface area contributed by atoms with Gasteiger partial charge in [-0.05, 0) is 83.9 Å². The first-order valence-corrected chi connectivity index (χ1v) is 15.1. The molecule has 1 atom stereocenters. The summed E-state index contributed by atoms with van der Waals surface area (Å²) in [6.07, 6.45) is 3.35. The van der Waals surface area contributed by atoms with Crippen LogP contribution in [0.3, 0.4) is 0 Å². The molecular weight excluding hydrogens is 586 g/mol. The predicted molar refractivity (Wildman–Crippen MR) is 163 cm³/mol. The first-order chi connectivity index (χ1) is 21.2. The van der Waals surface area contributed by atoms with Gasteiger partial charge in [-0.1, -0.05) is 24.3 Å². The molecule has 2 heterocycles. The lowest BCUT2D eigenvalue weighted by molar-refractivity contribution is -0.131. The summed E-state index contributed by atoms with van der Waals surface area (Å²) >= 11 is 0. The summed E-state index contributed by atoms with van der Waals surface area (Å²) in [7, 11) is -2.80. The minimum atomic E-state index is -4.36. The number of ether oxygens (including phenoxy) is 1. The molecule has 5 aromatic rings. The number of benzene rings is 4. The number of amides is 1. The number of hydrazone groups is 1. The maximum Gasteiger partial charge on any atom is 0.265 e. The molecule has 0 N–H and O–H groups in total. The van der Waals surface area contributed by atoms with Crippen LogP contribution in [0.5, 0.6) is 5.75 Å². The largest absolute Gasteiger partial charge is 0.497 e. The van der Waals surface area contributed by atoms with E-state index in [2.05, 4.69) is 10.1 Å². The molecule has 0 spiro atoms. The van der Waals surface area contributed by atoms with E-state index in [1.165, 1.54) is 41.5 Å². The van der Waals surface area contributed by atoms with Crippen LogP contribution >= 0.6 is 0 Å². The molecule has 0 aliphatic carbocycles. The topological polar surface area (TPSA) is 92.2 Å². The molecule has 0 saturated carbocycles. The standard InChI is InChI=1S/C33H26F2N4O4S/c1-43-28-15-7-22(8-16-28)30-19-31(23-5-9-25(34)10-6-23)39(37-30)33(40)21-38(27-13-11-26(35)12-14-27)44(41,42)32-4-2-3-24-20-36-18-17-29(24)32/h2-18,20,31H,19,21H2,1H3. The molecule has 4 aromatic carbocycles. The molecule has 8 nitrogen and oxygen atoms in total. The average Bonchev–Trinajstić information content (AvgIpc) is 3.50. The molecule has 44 heavy (non-hydrogen) atoms. The maximum atomic E-state index is 14.3. The van der Waals surface area contributed by atoms with E-state index < -0.39 is 40.2 Å². The van der Waals surface area contributed by atoms with Gasteiger partial charge in [0.1, 0.15) is 23.9 Å². The smallest absolute Gasteiger partial charge is 0.265 e. The summed E-state index contributed by atoms with van der Waals surface area (Å²) in [5.74, 6) is -0.963. The number of hydrogen-bond donors (Lipinski definition) is 0. The van der Waals surface area contributed by atoms with E-state index in [1.807, 2.05) is 12.1 Å². The molecule has 1 amide bonds. The first-order valence-electron chi connectivity index (χ1n) is 13.6. The van der Waals surface area contributed by atoms with Crippen molar-refractivity contribution in [2.75, 3.05) is 18.0 Å². The van der Waals surface area contributed by atoms with Crippen LogP contribution in [0.2, 0.25) is 0 Å². The number of pyridine rings is 1. The Kier molecular flexibility index (Phi) is 7.79. The van der Waals surface area contributed by atoms with Crippen molar-refractivity contribution in [1.29, 1.82) is 0 Å². The zero-order valence-electron chi connectivity index (χ0n) is 23.5. The molecule has 222 valence electrons. The monoisotopic (exact) mass is 612 g/mol. The van der Waals surface area contributed by atoms with Crippen molar-refractivity contribution in [2.45, 2.75) is 17.4 Å². The number of aromatic nitrogens is 1. The van der Waals surface area contributed by atoms with Gasteiger partial charge < -0.3 is 4.74 Å². The number of nitrogens with zero attached hydrogens (tertiary/aromatic N) is 4. The molecule has 1 unspecified atom stereocenters. The molecule has 0 radical (unpaired) electrons. The molecule has 6 rings (SSSR count). The van der Waals surface area contributed by atoms with Gasteiger partial charge >= 0.3 is 0 Å². The van der Waals surface area contributed by atoms with Crippen molar-refractivity contribution < 1.29 is 26.7 Å². The van der Waals surface area contributed by atoms with Crippen LogP contribution in [-0.2, 0) is 14.8 Å². The SMILES string of the molecule is COc1ccc(C2=NN(C(=O)CN(c3ccc(F)cc3)S(=O)(=O)c3cccc4cnccc34)C(c3ccc(F)cc3)C2)cc1. The summed E-state index contributed by atoms with van der Waals surface area (Å²) in [6.45, 7) is -0.632. The van der Waals surface area contributed by atoms with Crippen LogP contribution in [0.4, 0.5) is 14.5 Å². The molecule has 1 aliphatic rings. The highest BCUT2D eigenvalue weighted by Crippen LogP contribution is 2.35. The molecule has 11 heteroatoms. The van der Waals surface area contributed by atoms with Crippen LogP contribution in [0.25, 0.3) is 10.8 Å². The Morgan fingerprint density at radius 1 is 0.932 bits per heavy atom. The number of halogens is 2. The van der Waals surface area contributed by atoms with Crippen molar-refractivity contribution in [2.24, 2.45) is 5.10 Å². The van der Waals surface area contributed by atoms with E-state index in [1.54, 1.807) is 55.8 Å². The zero-order chi connectivity index (χ0) is 30.8. The number of hydrogen-bond acceptors (Lipinski definition) is 6. The number of carbonyl (C=O) groups excluding carboxylic acids is 1. The number of carbonyl (C=O) groups is 1. The quantitative estimate of drug-likeness (QED) is 0.211. The van der Waals surface area contributed by atoms with E-state index in [0.29, 0.717) is 34.2 Å². The Morgan fingerprint density at radius 2 is 1.61 bits per heavy atom. The molecule has 0 saturated heterocycles. The minimum Gasteiger partial charge on any atom is -0.497 e. The molecule has 0 fully saturated rings. The molecular formula is C33H26F2N4O4S. The van der Waals surface area contributed by atoms with Gasteiger partial charge in [0.25, 0.3) is 15.9 Å². The van der Waals surface area contributed by atoms with Crippen molar-refractivity contribution in [3.63, 3.8) is 0 Å². The Hall–Kier alpha value is -5.16. The van der Waals surface area contributed by atoms with Crippen LogP contribution in [0.1, 0.15) is 23.6 Å². The highest BCUT2D eigenvalue weighted by molar-refractivity contribution is 7.93. The molecule has 1 aliphatic heterocycles. The van der Waals surface area contributed by atoms with Gasteiger partial charge in [0, 0.05) is 29.6 Å². The van der Waals surface area contributed by atoms with Crippen molar-refractivity contribution in [1.82, 2.24) is 9.99 Å². The van der Waals surface area contributed by atoms with Crippen molar-refractivity contribution in [3.8, 4) is 5.75 Å². The van der Waals surface area contributed by atoms with Gasteiger partial charge in [-0.2, -0.15) is 5.10 Å². The van der Waals surface area contributed by atoms with Crippen LogP contribution in [0.15, 0.2) is 119 Å². The van der Waals surface area contributed by atoms with Gasteiger partial charge in [-0.15, -0.1) is 0 Å². The second kappa shape index (κ2) is 11.8. The van der Waals surface area contributed by atoms with E-state index in [0.717, 1.165) is 22.0 Å². The van der Waals surface area contributed by atoms with Gasteiger partial charge in [0.15, 0.2) is 0 Å². The molecule has 0 bridgehead atoms. The lowest BCUT2D eigenvalue weighted by Gasteiger charge is -2.28. The fraction of sp³-hybridized carbons (Fsp3) is 0.121. The summed E-state index contributed by atoms with van der Waals surface area (Å²) in [5, 5.41) is 6.90. The van der Waals surface area contributed by atoms with Gasteiger partial charge in [-0.25, -0.2) is 22.2 Å². The van der Waals surface area contributed by atoms with Gasteiger partial charge in [0.2, 0.25) is 0 Å². The van der Waals surface area contributed by atoms with E-state index in [-0.39, 0.29) is 10.6 Å². The van der Waals surface area contributed by atoms with Crippen molar-refractivity contribution >= 4 is 38.1 Å². The summed E-state index contributed by atoms with van der Waals surface area (Å²) < 4.78 is 62.5. The number of fused-ring (bicyclic) bond motifs is 1. The normalized spacial score (nSPS) is 14.8. The van der Waals surface area contributed by atoms with Crippen LogP contribution < -0.4 is 9.04 Å². The Labute approximate surface area is 252 Å². The zero-order valence-corrected chi connectivity index (χ0v) is 24.3. The molecule has 1 aromatic heterocycles. The van der Waals surface area contributed by atoms with Crippen LogP contribution in [-0.4, -0.2) is 43.7 Å². The van der Waals surface area contributed by atoms with E-state index in [4.69, 9.17) is 4.74 Å². The van der Waals surface area contributed by atoms with E-state index >= 15 is 0 Å². The number of anilines is 1. The average molecular weight is 613 g/mol. The number of methoxy groups -OCH3 is 1. The second-order valence-electron chi connectivity index (χ2n) is 10.1. The Morgan fingerprint density at radius 3 is 2.30 bits per heavy atom. The Balaban J connectivity index is 1.41. The highest BCUT2D eigenvalue weighted by Gasteiger charge is 2.37. The number of sulfonamides is 1. The first kappa shape index (κ1) is 28.9.